The van der Waals surface area contributed by atoms with Crippen molar-refractivity contribution >= 4 is 62.1 Å². The molecule has 3 aromatic rings. The Kier molecular flexibility index (Phi) is 5.54. The number of thiocarbonyl (C=S) groups is 1. The van der Waals surface area contributed by atoms with Crippen LogP contribution in [0.5, 0.6) is 0 Å². The lowest BCUT2D eigenvalue weighted by atomic mass is 10.2. The van der Waals surface area contributed by atoms with Crippen molar-refractivity contribution in [1.29, 1.82) is 0 Å². The number of carbonyl (C=O) groups is 1. The number of rotatable bonds is 4. The second-order valence-corrected chi connectivity index (χ2v) is 6.64. The van der Waals surface area contributed by atoms with Crippen LogP contribution in [0.1, 0.15) is 10.4 Å². The maximum absolute atomic E-state index is 12.1. The van der Waals surface area contributed by atoms with Crippen LogP contribution in [-0.4, -0.2) is 21.2 Å². The fourth-order valence-corrected chi connectivity index (χ4v) is 3.02. The van der Waals surface area contributed by atoms with Crippen molar-refractivity contribution in [1.82, 2.24) is 10.2 Å². The van der Waals surface area contributed by atoms with Gasteiger partial charge in [0.15, 0.2) is 5.11 Å². The number of carbonyl (C=O) groups excluding carboxylic acids is 1. The molecule has 1 aromatic heterocycles. The van der Waals surface area contributed by atoms with Gasteiger partial charge in [0.05, 0.1) is 0 Å². The Morgan fingerprint density at radius 1 is 0.960 bits per heavy atom. The van der Waals surface area contributed by atoms with E-state index in [1.54, 1.807) is 24.3 Å². The largest absolute Gasteiger partial charge is 0.332 e. The molecule has 1 heterocycles. The molecule has 0 aliphatic heterocycles. The number of hydrogen-bond acceptors (Lipinski definition) is 5. The molecule has 6 nitrogen and oxygen atoms in total. The molecule has 0 unspecified atom stereocenters. The summed E-state index contributed by atoms with van der Waals surface area (Å²) in [5.41, 5.74) is 1.30. The van der Waals surface area contributed by atoms with Crippen LogP contribution in [-0.2, 0) is 0 Å². The molecular weight excluding hydrogens is 378 g/mol. The lowest BCUT2D eigenvalue weighted by Gasteiger charge is -2.07. The number of anilines is 3. The Hall–Kier alpha value is -2.55. The monoisotopic (exact) mass is 389 g/mol. The number of benzene rings is 2. The molecule has 1 amide bonds. The third-order valence-corrected chi connectivity index (χ3v) is 4.18. The van der Waals surface area contributed by atoms with Gasteiger partial charge in [0.1, 0.15) is 0 Å². The molecule has 0 bridgehead atoms. The topological polar surface area (TPSA) is 78.9 Å². The van der Waals surface area contributed by atoms with Crippen molar-refractivity contribution in [2.24, 2.45) is 0 Å². The summed E-state index contributed by atoms with van der Waals surface area (Å²) in [6.45, 7) is 0. The summed E-state index contributed by atoms with van der Waals surface area (Å²) in [5.74, 6) is -0.310. The highest BCUT2D eigenvalue weighted by molar-refractivity contribution is 7.80. The van der Waals surface area contributed by atoms with Crippen molar-refractivity contribution in [3.63, 3.8) is 0 Å². The summed E-state index contributed by atoms with van der Waals surface area (Å²) in [6.07, 6.45) is 0. The number of halogens is 1. The van der Waals surface area contributed by atoms with Gasteiger partial charge in [-0.1, -0.05) is 47.2 Å². The quantitative estimate of drug-likeness (QED) is 0.579. The van der Waals surface area contributed by atoms with Crippen LogP contribution in [0.2, 0.25) is 5.02 Å². The summed E-state index contributed by atoms with van der Waals surface area (Å²) >= 11 is 12.3. The maximum Gasteiger partial charge on any atom is 0.257 e. The highest BCUT2D eigenvalue weighted by Crippen LogP contribution is 2.21. The highest BCUT2D eigenvalue weighted by atomic mass is 35.5. The SMILES string of the molecule is O=C(Nc1nnc(NC(=S)Nc2ccccc2)s1)c1cccc(Cl)c1. The third kappa shape index (κ3) is 4.96. The molecule has 0 saturated heterocycles. The van der Waals surface area contributed by atoms with Crippen LogP contribution in [0.4, 0.5) is 16.0 Å². The maximum atomic E-state index is 12.1. The second kappa shape index (κ2) is 8.02. The minimum absolute atomic E-state index is 0.310. The van der Waals surface area contributed by atoms with Gasteiger partial charge in [0.2, 0.25) is 10.3 Å². The number of nitrogens with zero attached hydrogens (tertiary/aromatic N) is 2. The van der Waals surface area contributed by atoms with Crippen molar-refractivity contribution in [3.8, 4) is 0 Å². The number of aromatic nitrogens is 2. The average Bonchev–Trinajstić information content (AvgIpc) is 3.02. The lowest BCUT2D eigenvalue weighted by molar-refractivity contribution is 0.102. The van der Waals surface area contributed by atoms with E-state index in [1.165, 1.54) is 11.3 Å². The van der Waals surface area contributed by atoms with Crippen LogP contribution in [0.15, 0.2) is 54.6 Å². The van der Waals surface area contributed by atoms with Gasteiger partial charge in [-0.05, 0) is 42.5 Å². The van der Waals surface area contributed by atoms with Crippen LogP contribution < -0.4 is 16.0 Å². The van der Waals surface area contributed by atoms with E-state index in [0.717, 1.165) is 5.69 Å². The molecule has 0 atom stereocenters. The van der Waals surface area contributed by atoms with E-state index in [1.807, 2.05) is 30.3 Å². The number of nitrogens with one attached hydrogen (secondary N) is 3. The number of hydrogen-bond donors (Lipinski definition) is 3. The zero-order valence-corrected chi connectivity index (χ0v) is 15.1. The van der Waals surface area contributed by atoms with Crippen LogP contribution in [0.25, 0.3) is 0 Å². The molecule has 3 N–H and O–H groups in total. The Labute approximate surface area is 158 Å². The van der Waals surface area contributed by atoms with Crippen LogP contribution in [0.3, 0.4) is 0 Å². The first-order valence-electron chi connectivity index (χ1n) is 7.13. The Morgan fingerprint density at radius 2 is 1.68 bits per heavy atom. The molecule has 126 valence electrons. The second-order valence-electron chi connectivity index (χ2n) is 4.82. The predicted octanol–water partition coefficient (Wildman–Crippen LogP) is 4.25. The van der Waals surface area contributed by atoms with E-state index in [0.29, 0.717) is 26.0 Å². The number of amides is 1. The lowest BCUT2D eigenvalue weighted by Crippen LogP contribution is -2.18. The van der Waals surface area contributed by atoms with E-state index in [4.69, 9.17) is 23.8 Å². The van der Waals surface area contributed by atoms with E-state index in [2.05, 4.69) is 26.1 Å². The third-order valence-electron chi connectivity index (χ3n) is 2.98. The van der Waals surface area contributed by atoms with Crippen LogP contribution in [0, 0.1) is 0 Å². The smallest absolute Gasteiger partial charge is 0.257 e. The van der Waals surface area contributed by atoms with Crippen LogP contribution >= 0.6 is 35.2 Å². The van der Waals surface area contributed by atoms with Gasteiger partial charge in [-0.15, -0.1) is 10.2 Å². The summed E-state index contributed by atoms with van der Waals surface area (Å²) in [6, 6.07) is 16.2. The van der Waals surface area contributed by atoms with E-state index >= 15 is 0 Å². The minimum atomic E-state index is -0.310. The first-order valence-corrected chi connectivity index (χ1v) is 8.74. The summed E-state index contributed by atoms with van der Waals surface area (Å²) in [5, 5.41) is 18.2. The summed E-state index contributed by atoms with van der Waals surface area (Å²) in [4.78, 5) is 12.1. The fraction of sp³-hybridized carbons (Fsp3) is 0. The van der Waals surface area contributed by atoms with Gasteiger partial charge in [-0.2, -0.15) is 0 Å². The zero-order valence-electron chi connectivity index (χ0n) is 12.7. The average molecular weight is 390 g/mol. The van der Waals surface area contributed by atoms with Crippen molar-refractivity contribution in [2.75, 3.05) is 16.0 Å². The van der Waals surface area contributed by atoms with Gasteiger partial charge >= 0.3 is 0 Å². The van der Waals surface area contributed by atoms with Gasteiger partial charge in [-0.25, -0.2) is 0 Å². The van der Waals surface area contributed by atoms with Gasteiger partial charge in [0.25, 0.3) is 5.91 Å². The zero-order chi connectivity index (χ0) is 17.6. The molecule has 0 aliphatic rings. The Bertz CT molecular complexity index is 900. The normalized spacial score (nSPS) is 10.1. The molecule has 0 aliphatic carbocycles. The fourth-order valence-electron chi connectivity index (χ4n) is 1.90. The standard InChI is InChI=1S/C16H12ClN5OS2/c17-11-6-4-5-10(9-11)13(23)19-15-21-22-16(25-15)20-14(24)18-12-7-2-1-3-8-12/h1-9H,(H,19,21,23)(H2,18,20,22,24). The molecule has 0 fully saturated rings. The van der Waals surface area contributed by atoms with Crippen molar-refractivity contribution in [3.05, 3.63) is 65.2 Å². The molecule has 25 heavy (non-hydrogen) atoms. The summed E-state index contributed by atoms with van der Waals surface area (Å²) < 4.78 is 0. The molecule has 3 rings (SSSR count). The predicted molar refractivity (Wildman–Crippen MR) is 106 cm³/mol. The Balaban J connectivity index is 1.58. The van der Waals surface area contributed by atoms with Gasteiger partial charge in [0, 0.05) is 16.3 Å². The van der Waals surface area contributed by atoms with Gasteiger partial charge in [-0.3, -0.25) is 10.1 Å². The highest BCUT2D eigenvalue weighted by Gasteiger charge is 2.11. The molecular formula is C16H12ClN5OS2. The molecule has 0 spiro atoms. The molecule has 9 heteroatoms. The molecule has 2 aromatic carbocycles. The minimum Gasteiger partial charge on any atom is -0.332 e. The first kappa shape index (κ1) is 17.3. The summed E-state index contributed by atoms with van der Waals surface area (Å²) in [7, 11) is 0. The van der Waals surface area contributed by atoms with E-state index in [-0.39, 0.29) is 5.91 Å². The molecule has 0 radical (unpaired) electrons. The first-order chi connectivity index (χ1) is 12.1. The number of para-hydroxylation sites is 1. The van der Waals surface area contributed by atoms with Gasteiger partial charge < -0.3 is 10.6 Å². The van der Waals surface area contributed by atoms with Crippen molar-refractivity contribution < 1.29 is 4.79 Å². The van der Waals surface area contributed by atoms with E-state index < -0.39 is 0 Å². The molecule has 0 saturated carbocycles. The van der Waals surface area contributed by atoms with E-state index in [9.17, 15) is 4.79 Å². The van der Waals surface area contributed by atoms with Crippen molar-refractivity contribution in [2.45, 2.75) is 0 Å². The Morgan fingerprint density at radius 3 is 2.40 bits per heavy atom.